The molecule has 2 aromatic heterocycles. The Morgan fingerprint density at radius 3 is 3.12 bits per heavy atom. The highest BCUT2D eigenvalue weighted by molar-refractivity contribution is 5.48. The van der Waals surface area contributed by atoms with E-state index in [-0.39, 0.29) is 5.69 Å². The Kier molecular flexibility index (Phi) is 3.38. The van der Waals surface area contributed by atoms with Gasteiger partial charge in [0.15, 0.2) is 5.65 Å². The van der Waals surface area contributed by atoms with Crippen molar-refractivity contribution in [2.24, 2.45) is 0 Å². The molecular formula is C10H16N6O. The number of hydrogen-bond donors (Lipinski definition) is 2. The molecule has 2 N–H and O–H groups in total. The number of nitrogens with one attached hydrogen (secondary N) is 2. The second-order valence-corrected chi connectivity index (χ2v) is 4.11. The SMILES string of the molecule is CN(C)CCCNc1cc2n[nH]c(=O)n2cn1. The highest BCUT2D eigenvalue weighted by atomic mass is 16.1. The largest absolute Gasteiger partial charge is 0.370 e. The number of fused-ring (bicyclic) bond motifs is 1. The van der Waals surface area contributed by atoms with Crippen LogP contribution in [0, 0.1) is 0 Å². The molecule has 0 saturated carbocycles. The molecule has 92 valence electrons. The molecule has 2 aromatic rings. The van der Waals surface area contributed by atoms with Crippen molar-refractivity contribution < 1.29 is 0 Å². The van der Waals surface area contributed by atoms with Crippen LogP contribution in [0.3, 0.4) is 0 Å². The number of rotatable bonds is 5. The first-order valence-electron chi connectivity index (χ1n) is 5.48. The van der Waals surface area contributed by atoms with Crippen molar-refractivity contribution in [3.8, 4) is 0 Å². The molecule has 0 aromatic carbocycles. The Morgan fingerprint density at radius 1 is 1.53 bits per heavy atom. The monoisotopic (exact) mass is 236 g/mol. The molecular weight excluding hydrogens is 220 g/mol. The number of aromatic nitrogens is 4. The predicted molar refractivity (Wildman–Crippen MR) is 65.3 cm³/mol. The van der Waals surface area contributed by atoms with Crippen molar-refractivity contribution in [3.63, 3.8) is 0 Å². The maximum Gasteiger partial charge on any atom is 0.348 e. The molecule has 7 heteroatoms. The van der Waals surface area contributed by atoms with Crippen LogP contribution < -0.4 is 11.0 Å². The van der Waals surface area contributed by atoms with Gasteiger partial charge in [-0.25, -0.2) is 19.3 Å². The maximum atomic E-state index is 11.2. The van der Waals surface area contributed by atoms with Gasteiger partial charge in [-0.05, 0) is 27.1 Å². The van der Waals surface area contributed by atoms with E-state index < -0.39 is 0 Å². The van der Waals surface area contributed by atoms with E-state index in [2.05, 4.69) is 25.4 Å². The third-order valence-corrected chi connectivity index (χ3v) is 2.40. The fourth-order valence-corrected chi connectivity index (χ4v) is 1.52. The van der Waals surface area contributed by atoms with E-state index >= 15 is 0 Å². The maximum absolute atomic E-state index is 11.2. The third kappa shape index (κ3) is 2.82. The fourth-order valence-electron chi connectivity index (χ4n) is 1.52. The Bertz CT molecular complexity index is 543. The van der Waals surface area contributed by atoms with E-state index in [1.807, 2.05) is 14.1 Å². The Morgan fingerprint density at radius 2 is 2.35 bits per heavy atom. The van der Waals surface area contributed by atoms with E-state index in [0.29, 0.717) is 5.65 Å². The molecule has 0 fully saturated rings. The summed E-state index contributed by atoms with van der Waals surface area (Å²) >= 11 is 0. The van der Waals surface area contributed by atoms with Crippen molar-refractivity contribution in [3.05, 3.63) is 22.9 Å². The van der Waals surface area contributed by atoms with Crippen LogP contribution in [0.25, 0.3) is 5.65 Å². The van der Waals surface area contributed by atoms with E-state index in [9.17, 15) is 4.79 Å². The molecule has 0 atom stereocenters. The fraction of sp³-hybridized carbons (Fsp3) is 0.500. The first-order chi connectivity index (χ1) is 8.16. The van der Waals surface area contributed by atoms with Gasteiger partial charge < -0.3 is 10.2 Å². The van der Waals surface area contributed by atoms with Gasteiger partial charge in [0.25, 0.3) is 0 Å². The summed E-state index contributed by atoms with van der Waals surface area (Å²) in [5.41, 5.74) is 0.298. The van der Waals surface area contributed by atoms with Crippen molar-refractivity contribution in [2.75, 3.05) is 32.5 Å². The van der Waals surface area contributed by atoms with E-state index in [1.165, 1.54) is 10.7 Å². The van der Waals surface area contributed by atoms with Crippen molar-refractivity contribution in [2.45, 2.75) is 6.42 Å². The molecule has 0 bridgehead atoms. The lowest BCUT2D eigenvalue weighted by atomic mass is 10.4. The minimum Gasteiger partial charge on any atom is -0.370 e. The molecule has 0 amide bonds. The minimum atomic E-state index is -0.272. The van der Waals surface area contributed by atoms with Gasteiger partial charge in [0, 0.05) is 12.6 Å². The second-order valence-electron chi connectivity index (χ2n) is 4.11. The number of anilines is 1. The number of nitrogens with zero attached hydrogens (tertiary/aromatic N) is 4. The van der Waals surface area contributed by atoms with Crippen molar-refractivity contribution in [1.29, 1.82) is 0 Å². The smallest absolute Gasteiger partial charge is 0.348 e. The summed E-state index contributed by atoms with van der Waals surface area (Å²) in [5, 5.41) is 9.44. The van der Waals surface area contributed by atoms with Gasteiger partial charge in [0.2, 0.25) is 0 Å². The lowest BCUT2D eigenvalue weighted by Gasteiger charge is -2.09. The summed E-state index contributed by atoms with van der Waals surface area (Å²) in [7, 11) is 4.08. The number of H-pyrrole nitrogens is 1. The predicted octanol–water partition coefficient (Wildman–Crippen LogP) is -0.219. The molecule has 0 saturated heterocycles. The topological polar surface area (TPSA) is 78.3 Å². The molecule has 17 heavy (non-hydrogen) atoms. The zero-order chi connectivity index (χ0) is 12.3. The summed E-state index contributed by atoms with van der Waals surface area (Å²) < 4.78 is 1.37. The van der Waals surface area contributed by atoms with Crippen molar-refractivity contribution in [1.82, 2.24) is 24.5 Å². The van der Waals surface area contributed by atoms with Crippen LogP contribution in [0.1, 0.15) is 6.42 Å². The van der Waals surface area contributed by atoms with Crippen LogP contribution in [0.15, 0.2) is 17.2 Å². The van der Waals surface area contributed by atoms with Gasteiger partial charge in [0.05, 0.1) is 0 Å². The molecule has 0 aliphatic carbocycles. The molecule has 0 unspecified atom stereocenters. The molecule has 2 heterocycles. The molecule has 0 radical (unpaired) electrons. The zero-order valence-electron chi connectivity index (χ0n) is 9.97. The molecule has 2 rings (SSSR count). The molecule has 0 spiro atoms. The highest BCUT2D eigenvalue weighted by Crippen LogP contribution is 2.03. The third-order valence-electron chi connectivity index (χ3n) is 2.40. The van der Waals surface area contributed by atoms with Crippen LogP contribution in [-0.4, -0.2) is 51.7 Å². The van der Waals surface area contributed by atoms with Gasteiger partial charge in [-0.2, -0.15) is 5.10 Å². The van der Waals surface area contributed by atoms with E-state index in [0.717, 1.165) is 25.3 Å². The van der Waals surface area contributed by atoms with Gasteiger partial charge >= 0.3 is 5.69 Å². The van der Waals surface area contributed by atoms with Crippen LogP contribution in [0.2, 0.25) is 0 Å². The van der Waals surface area contributed by atoms with Gasteiger partial charge in [-0.3, -0.25) is 0 Å². The number of aromatic amines is 1. The summed E-state index contributed by atoms with van der Waals surface area (Å²) in [6.45, 7) is 1.87. The minimum absolute atomic E-state index is 0.272. The van der Waals surface area contributed by atoms with Crippen molar-refractivity contribution >= 4 is 11.5 Å². The van der Waals surface area contributed by atoms with Crippen LogP contribution >= 0.6 is 0 Å². The Labute approximate surface area is 98.5 Å². The van der Waals surface area contributed by atoms with E-state index in [1.54, 1.807) is 6.07 Å². The quantitative estimate of drug-likeness (QED) is 0.702. The molecule has 0 aliphatic heterocycles. The van der Waals surface area contributed by atoms with Gasteiger partial charge in [0.1, 0.15) is 12.1 Å². The van der Waals surface area contributed by atoms with Gasteiger partial charge in [-0.15, -0.1) is 0 Å². The second kappa shape index (κ2) is 4.96. The number of hydrogen-bond acceptors (Lipinski definition) is 5. The summed E-state index contributed by atoms with van der Waals surface area (Å²) in [5.74, 6) is 0.732. The summed E-state index contributed by atoms with van der Waals surface area (Å²) in [4.78, 5) is 17.5. The van der Waals surface area contributed by atoms with Crippen LogP contribution in [0.4, 0.5) is 5.82 Å². The average molecular weight is 236 g/mol. The summed E-state index contributed by atoms with van der Waals surface area (Å²) in [6.07, 6.45) is 2.50. The first-order valence-corrected chi connectivity index (χ1v) is 5.48. The van der Waals surface area contributed by atoms with E-state index in [4.69, 9.17) is 0 Å². The zero-order valence-corrected chi connectivity index (χ0v) is 9.97. The van der Waals surface area contributed by atoms with Gasteiger partial charge in [-0.1, -0.05) is 0 Å². The lowest BCUT2D eigenvalue weighted by molar-refractivity contribution is 0.405. The normalized spacial score (nSPS) is 11.2. The molecule has 0 aliphatic rings. The molecule has 7 nitrogen and oxygen atoms in total. The Hall–Kier alpha value is -1.89. The first kappa shape index (κ1) is 11.6. The standard InChI is InChI=1S/C10H16N6O/c1-15(2)5-3-4-11-8-6-9-13-14-10(17)16(9)7-12-8/h6-7,11H,3-5H2,1-2H3,(H,14,17). The van der Waals surface area contributed by atoms with Crippen LogP contribution in [-0.2, 0) is 0 Å². The lowest BCUT2D eigenvalue weighted by Crippen LogP contribution is -2.17. The Balaban J connectivity index is 1.97. The van der Waals surface area contributed by atoms with Crippen LogP contribution in [0.5, 0.6) is 0 Å². The highest BCUT2D eigenvalue weighted by Gasteiger charge is 2.01. The average Bonchev–Trinajstić information content (AvgIpc) is 2.66. The summed E-state index contributed by atoms with van der Waals surface area (Å²) in [6, 6.07) is 1.74.